The van der Waals surface area contributed by atoms with E-state index >= 15 is 0 Å². The van der Waals surface area contributed by atoms with E-state index in [2.05, 4.69) is 25.5 Å². The number of hydrogen-bond acceptors (Lipinski definition) is 6. The van der Waals surface area contributed by atoms with Crippen molar-refractivity contribution >= 4 is 23.2 Å². The standard InChI is InChI=1S/C29H32ClFN6O2/c1-18-33-27(35-39-18)20-11-13-36(14-12-20)17-21-15-23(9-10-25(21)30)34-28(38)24-16-32-37(29(2,3)4)26(24)19-5-7-22(31)8-6-19/h5-10,15-16,20H,11-14,17H2,1-4H3,(H,34,38). The number of piperidine rings is 1. The third kappa shape index (κ3) is 6.04. The lowest BCUT2D eigenvalue weighted by atomic mass is 9.96. The zero-order valence-corrected chi connectivity index (χ0v) is 23.3. The van der Waals surface area contributed by atoms with E-state index in [0.717, 1.165) is 37.3 Å². The molecule has 1 amide bonds. The van der Waals surface area contributed by atoms with Crippen molar-refractivity contribution in [3.63, 3.8) is 0 Å². The van der Waals surface area contributed by atoms with Gasteiger partial charge in [0.25, 0.3) is 5.91 Å². The number of nitrogens with one attached hydrogen (secondary N) is 1. The zero-order valence-electron chi connectivity index (χ0n) is 22.5. The molecule has 0 radical (unpaired) electrons. The lowest BCUT2D eigenvalue weighted by Gasteiger charge is -2.30. The Morgan fingerprint density at radius 3 is 2.51 bits per heavy atom. The second kappa shape index (κ2) is 10.9. The van der Waals surface area contributed by atoms with Crippen molar-refractivity contribution in [1.82, 2.24) is 24.8 Å². The number of carbonyl (C=O) groups excluding carboxylic acids is 1. The number of anilines is 1. The molecule has 1 N–H and O–H groups in total. The van der Waals surface area contributed by atoms with Crippen molar-refractivity contribution in [2.24, 2.45) is 0 Å². The summed E-state index contributed by atoms with van der Waals surface area (Å²) in [5.74, 6) is 1.03. The van der Waals surface area contributed by atoms with Crippen molar-refractivity contribution in [1.29, 1.82) is 0 Å². The Labute approximate surface area is 232 Å². The van der Waals surface area contributed by atoms with Crippen LogP contribution in [0.4, 0.5) is 10.1 Å². The number of hydrogen-bond donors (Lipinski definition) is 1. The average Bonchev–Trinajstić information content (AvgIpc) is 3.54. The number of amides is 1. The minimum Gasteiger partial charge on any atom is -0.340 e. The normalized spacial score (nSPS) is 15.0. The Hall–Kier alpha value is -3.56. The Morgan fingerprint density at radius 2 is 1.87 bits per heavy atom. The van der Waals surface area contributed by atoms with Gasteiger partial charge in [0.05, 0.1) is 23.0 Å². The second-order valence-electron chi connectivity index (χ2n) is 11.0. The number of likely N-dealkylation sites (tertiary alicyclic amines) is 1. The van der Waals surface area contributed by atoms with Crippen LogP contribution in [0.15, 0.2) is 53.2 Å². The summed E-state index contributed by atoms with van der Waals surface area (Å²) in [4.78, 5) is 20.2. The Kier molecular flexibility index (Phi) is 7.55. The molecule has 1 aliphatic rings. The van der Waals surface area contributed by atoms with Gasteiger partial charge < -0.3 is 9.84 Å². The van der Waals surface area contributed by atoms with Gasteiger partial charge in [-0.1, -0.05) is 16.8 Å². The van der Waals surface area contributed by atoms with Crippen LogP contribution >= 0.6 is 11.6 Å². The van der Waals surface area contributed by atoms with E-state index in [1.54, 1.807) is 42.1 Å². The van der Waals surface area contributed by atoms with E-state index in [4.69, 9.17) is 16.1 Å². The van der Waals surface area contributed by atoms with E-state index in [1.807, 2.05) is 26.8 Å². The maximum absolute atomic E-state index is 13.6. The van der Waals surface area contributed by atoms with Gasteiger partial charge in [0, 0.05) is 35.7 Å². The third-order valence-corrected chi connectivity index (χ3v) is 7.33. The molecule has 4 aromatic rings. The Morgan fingerprint density at radius 1 is 1.15 bits per heavy atom. The highest BCUT2D eigenvalue weighted by atomic mass is 35.5. The monoisotopic (exact) mass is 550 g/mol. The van der Waals surface area contributed by atoms with E-state index < -0.39 is 0 Å². The van der Waals surface area contributed by atoms with Crippen molar-refractivity contribution in [3.8, 4) is 11.3 Å². The number of nitrogens with zero attached hydrogens (tertiary/aromatic N) is 5. The predicted molar refractivity (Wildman–Crippen MR) is 148 cm³/mol. The van der Waals surface area contributed by atoms with E-state index in [-0.39, 0.29) is 17.3 Å². The fourth-order valence-electron chi connectivity index (χ4n) is 4.95. The van der Waals surface area contributed by atoms with Gasteiger partial charge in [-0.05, 0) is 94.7 Å². The first-order valence-electron chi connectivity index (χ1n) is 13.1. The molecule has 0 aliphatic carbocycles. The number of rotatable bonds is 6. The third-order valence-electron chi connectivity index (χ3n) is 6.96. The molecule has 2 aromatic heterocycles. The van der Waals surface area contributed by atoms with Crippen LogP contribution in [0, 0.1) is 12.7 Å². The van der Waals surface area contributed by atoms with Crippen LogP contribution in [-0.4, -0.2) is 43.8 Å². The molecule has 1 aliphatic heterocycles. The summed E-state index contributed by atoms with van der Waals surface area (Å²) in [6, 6.07) is 11.6. The van der Waals surface area contributed by atoms with Crippen molar-refractivity contribution < 1.29 is 13.7 Å². The summed E-state index contributed by atoms with van der Waals surface area (Å²) >= 11 is 6.55. The van der Waals surface area contributed by atoms with Gasteiger partial charge in [-0.2, -0.15) is 10.1 Å². The number of benzene rings is 2. The molecule has 0 spiro atoms. The second-order valence-corrected chi connectivity index (χ2v) is 11.4. The smallest absolute Gasteiger partial charge is 0.259 e. The summed E-state index contributed by atoms with van der Waals surface area (Å²) in [5.41, 5.74) is 2.95. The minimum atomic E-state index is -0.383. The van der Waals surface area contributed by atoms with Gasteiger partial charge in [-0.25, -0.2) is 4.39 Å². The fourth-order valence-corrected chi connectivity index (χ4v) is 5.13. The molecular formula is C29H32ClFN6O2. The van der Waals surface area contributed by atoms with Crippen LogP contribution in [0.5, 0.6) is 0 Å². The molecule has 2 aromatic carbocycles. The first-order chi connectivity index (χ1) is 18.6. The quantitative estimate of drug-likeness (QED) is 0.298. The van der Waals surface area contributed by atoms with Crippen LogP contribution in [0.25, 0.3) is 11.3 Å². The zero-order chi connectivity index (χ0) is 27.7. The first-order valence-corrected chi connectivity index (χ1v) is 13.4. The average molecular weight is 551 g/mol. The molecule has 0 unspecified atom stereocenters. The molecule has 204 valence electrons. The van der Waals surface area contributed by atoms with Crippen LogP contribution in [0.1, 0.15) is 67.2 Å². The van der Waals surface area contributed by atoms with Crippen LogP contribution in [0.3, 0.4) is 0 Å². The van der Waals surface area contributed by atoms with Gasteiger partial charge >= 0.3 is 0 Å². The molecule has 10 heteroatoms. The van der Waals surface area contributed by atoms with Crippen LogP contribution < -0.4 is 5.32 Å². The largest absolute Gasteiger partial charge is 0.340 e. The molecular weight excluding hydrogens is 519 g/mol. The van der Waals surface area contributed by atoms with Gasteiger partial charge in [-0.3, -0.25) is 14.4 Å². The van der Waals surface area contributed by atoms with Gasteiger partial charge in [0.2, 0.25) is 5.89 Å². The molecule has 8 nitrogen and oxygen atoms in total. The van der Waals surface area contributed by atoms with E-state index in [1.165, 1.54) is 12.1 Å². The highest BCUT2D eigenvalue weighted by molar-refractivity contribution is 6.31. The molecule has 0 saturated carbocycles. The number of aryl methyl sites for hydroxylation is 1. The van der Waals surface area contributed by atoms with Crippen LogP contribution in [-0.2, 0) is 12.1 Å². The fraction of sp³-hybridized carbons (Fsp3) is 0.379. The SMILES string of the molecule is Cc1nc(C2CCN(Cc3cc(NC(=O)c4cnn(C(C)(C)C)c4-c4ccc(F)cc4)ccc3Cl)CC2)no1. The Bertz CT molecular complexity index is 1470. The maximum atomic E-state index is 13.6. The highest BCUT2D eigenvalue weighted by Gasteiger charge is 2.27. The lowest BCUT2D eigenvalue weighted by molar-refractivity contribution is 0.102. The summed E-state index contributed by atoms with van der Waals surface area (Å²) in [7, 11) is 0. The molecule has 5 rings (SSSR count). The number of halogens is 2. The molecule has 39 heavy (non-hydrogen) atoms. The van der Waals surface area contributed by atoms with Crippen molar-refractivity contribution in [2.45, 2.75) is 58.5 Å². The van der Waals surface area contributed by atoms with Gasteiger partial charge in [-0.15, -0.1) is 0 Å². The maximum Gasteiger partial charge on any atom is 0.259 e. The topological polar surface area (TPSA) is 89.1 Å². The van der Waals surface area contributed by atoms with Gasteiger partial charge in [0.1, 0.15) is 5.82 Å². The van der Waals surface area contributed by atoms with Crippen molar-refractivity contribution in [3.05, 3.63) is 82.3 Å². The summed E-state index contributed by atoms with van der Waals surface area (Å²) in [6.07, 6.45) is 3.44. The molecule has 1 fully saturated rings. The van der Waals surface area contributed by atoms with Crippen LogP contribution in [0.2, 0.25) is 5.02 Å². The Balaban J connectivity index is 1.31. The lowest BCUT2D eigenvalue weighted by Crippen LogP contribution is -2.32. The summed E-state index contributed by atoms with van der Waals surface area (Å²) in [6.45, 7) is 10.3. The predicted octanol–water partition coefficient (Wildman–Crippen LogP) is 6.42. The summed E-state index contributed by atoms with van der Waals surface area (Å²) < 4.78 is 20.6. The molecule has 3 heterocycles. The summed E-state index contributed by atoms with van der Waals surface area (Å²) in [5, 5.41) is 12.2. The minimum absolute atomic E-state index is 0.295. The first kappa shape index (κ1) is 27.0. The highest BCUT2D eigenvalue weighted by Crippen LogP contribution is 2.31. The van der Waals surface area contributed by atoms with Crippen molar-refractivity contribution in [2.75, 3.05) is 18.4 Å². The van der Waals surface area contributed by atoms with E-state index in [0.29, 0.717) is 45.9 Å². The van der Waals surface area contributed by atoms with E-state index in [9.17, 15) is 9.18 Å². The number of carbonyl (C=O) groups is 1. The number of aromatic nitrogens is 4. The van der Waals surface area contributed by atoms with Gasteiger partial charge in [0.15, 0.2) is 5.82 Å². The molecule has 0 bridgehead atoms. The molecule has 1 saturated heterocycles. The molecule has 0 atom stereocenters.